The van der Waals surface area contributed by atoms with E-state index in [-0.39, 0.29) is 6.01 Å². The van der Waals surface area contributed by atoms with Crippen molar-refractivity contribution in [2.45, 2.75) is 0 Å². The van der Waals surface area contributed by atoms with Gasteiger partial charge in [-0.3, -0.25) is 4.98 Å². The standard InChI is InChI=1S/C17H13N3O2/c1-21-13-4-2-11-9-19-14(8-12(11)6-13)10-3-5-16-15(7-10)20-17(18)22-16/h2-9H,1H3,(H2,18,20). The van der Waals surface area contributed by atoms with Gasteiger partial charge in [0.25, 0.3) is 6.01 Å². The van der Waals surface area contributed by atoms with Gasteiger partial charge in [0.05, 0.1) is 12.8 Å². The molecule has 0 aliphatic rings. The number of nitrogens with two attached hydrogens (primary N) is 1. The van der Waals surface area contributed by atoms with Crippen molar-refractivity contribution in [3.05, 3.63) is 48.7 Å². The molecule has 4 aromatic rings. The SMILES string of the molecule is COc1ccc2cnc(-c3ccc4oc(N)nc4c3)cc2c1. The molecule has 0 spiro atoms. The molecule has 2 heterocycles. The highest BCUT2D eigenvalue weighted by Crippen LogP contribution is 2.27. The van der Waals surface area contributed by atoms with E-state index in [4.69, 9.17) is 14.9 Å². The number of hydrogen-bond acceptors (Lipinski definition) is 5. The first-order valence-electron chi connectivity index (χ1n) is 6.83. The highest BCUT2D eigenvalue weighted by atomic mass is 16.5. The Bertz CT molecular complexity index is 992. The Morgan fingerprint density at radius 2 is 1.95 bits per heavy atom. The van der Waals surface area contributed by atoms with Crippen molar-refractivity contribution < 1.29 is 9.15 Å². The molecule has 0 radical (unpaired) electrons. The van der Waals surface area contributed by atoms with Gasteiger partial charge in [-0.25, -0.2) is 0 Å². The summed E-state index contributed by atoms with van der Waals surface area (Å²) in [7, 11) is 1.66. The van der Waals surface area contributed by atoms with E-state index in [0.29, 0.717) is 5.58 Å². The number of nitrogen functional groups attached to an aromatic ring is 1. The molecular weight excluding hydrogens is 278 g/mol. The zero-order valence-corrected chi connectivity index (χ0v) is 11.9. The Morgan fingerprint density at radius 1 is 1.05 bits per heavy atom. The Balaban J connectivity index is 1.87. The van der Waals surface area contributed by atoms with Crippen LogP contribution in [0.2, 0.25) is 0 Å². The van der Waals surface area contributed by atoms with Gasteiger partial charge in [0.1, 0.15) is 11.3 Å². The van der Waals surface area contributed by atoms with Gasteiger partial charge in [-0.1, -0.05) is 0 Å². The van der Waals surface area contributed by atoms with Crippen molar-refractivity contribution in [1.82, 2.24) is 9.97 Å². The topological polar surface area (TPSA) is 74.2 Å². The van der Waals surface area contributed by atoms with Gasteiger partial charge in [-0.05, 0) is 47.9 Å². The zero-order valence-electron chi connectivity index (χ0n) is 11.9. The lowest BCUT2D eigenvalue weighted by Gasteiger charge is -2.05. The van der Waals surface area contributed by atoms with Crippen molar-refractivity contribution in [2.75, 3.05) is 12.8 Å². The zero-order chi connectivity index (χ0) is 15.1. The summed E-state index contributed by atoms with van der Waals surface area (Å²) in [5, 5.41) is 2.14. The monoisotopic (exact) mass is 291 g/mol. The molecule has 0 bridgehead atoms. The Kier molecular flexibility index (Phi) is 2.72. The van der Waals surface area contributed by atoms with Crippen molar-refractivity contribution in [1.29, 1.82) is 0 Å². The molecule has 108 valence electrons. The quantitative estimate of drug-likeness (QED) is 0.610. The first-order chi connectivity index (χ1) is 10.7. The first kappa shape index (κ1) is 12.6. The summed E-state index contributed by atoms with van der Waals surface area (Å²) in [4.78, 5) is 8.67. The molecule has 0 saturated carbocycles. The molecule has 5 heteroatoms. The molecule has 22 heavy (non-hydrogen) atoms. The lowest BCUT2D eigenvalue weighted by atomic mass is 10.1. The van der Waals surface area contributed by atoms with Gasteiger partial charge in [0.15, 0.2) is 5.58 Å². The van der Waals surface area contributed by atoms with E-state index < -0.39 is 0 Å². The van der Waals surface area contributed by atoms with Crippen LogP contribution in [0.4, 0.5) is 6.01 Å². The predicted octanol–water partition coefficient (Wildman–Crippen LogP) is 3.63. The van der Waals surface area contributed by atoms with Crippen molar-refractivity contribution in [3.8, 4) is 17.0 Å². The summed E-state index contributed by atoms with van der Waals surface area (Å²) in [6, 6.07) is 13.8. The fourth-order valence-corrected chi connectivity index (χ4v) is 2.51. The fraction of sp³-hybridized carbons (Fsp3) is 0.0588. The number of methoxy groups -OCH3 is 1. The van der Waals surface area contributed by atoms with E-state index in [0.717, 1.165) is 33.3 Å². The number of hydrogen-bond donors (Lipinski definition) is 1. The number of rotatable bonds is 2. The molecule has 5 nitrogen and oxygen atoms in total. The number of oxazole rings is 1. The van der Waals surface area contributed by atoms with E-state index in [9.17, 15) is 0 Å². The van der Waals surface area contributed by atoms with Crippen LogP contribution >= 0.6 is 0 Å². The van der Waals surface area contributed by atoms with E-state index in [1.807, 2.05) is 48.7 Å². The highest BCUT2D eigenvalue weighted by Gasteiger charge is 2.07. The summed E-state index contributed by atoms with van der Waals surface area (Å²) in [6.45, 7) is 0. The molecule has 2 N–H and O–H groups in total. The van der Waals surface area contributed by atoms with Gasteiger partial charge >= 0.3 is 0 Å². The Hall–Kier alpha value is -3.08. The van der Waals surface area contributed by atoms with Gasteiger partial charge in [-0.2, -0.15) is 4.98 Å². The summed E-state index contributed by atoms with van der Waals surface area (Å²) >= 11 is 0. The largest absolute Gasteiger partial charge is 0.497 e. The average Bonchev–Trinajstić information content (AvgIpc) is 2.92. The minimum absolute atomic E-state index is 0.170. The lowest BCUT2D eigenvalue weighted by molar-refractivity contribution is 0.415. The first-order valence-corrected chi connectivity index (χ1v) is 6.83. The van der Waals surface area contributed by atoms with Crippen LogP contribution in [0.15, 0.2) is 53.1 Å². The van der Waals surface area contributed by atoms with Crippen LogP contribution in [0, 0.1) is 0 Å². The molecule has 0 atom stereocenters. The highest BCUT2D eigenvalue weighted by molar-refractivity contribution is 5.88. The van der Waals surface area contributed by atoms with E-state index >= 15 is 0 Å². The molecule has 2 aromatic heterocycles. The molecule has 0 aliphatic carbocycles. The molecule has 0 aliphatic heterocycles. The van der Waals surface area contributed by atoms with E-state index in [2.05, 4.69) is 9.97 Å². The minimum atomic E-state index is 0.170. The summed E-state index contributed by atoms with van der Waals surface area (Å²) in [5.74, 6) is 0.823. The number of ether oxygens (including phenoxy) is 1. The summed E-state index contributed by atoms with van der Waals surface area (Å²) in [5.41, 5.74) is 8.80. The van der Waals surface area contributed by atoms with Crippen LogP contribution in [0.3, 0.4) is 0 Å². The molecule has 0 fully saturated rings. The van der Waals surface area contributed by atoms with Gasteiger partial charge in [-0.15, -0.1) is 0 Å². The molecule has 0 saturated heterocycles. The number of benzene rings is 2. The average molecular weight is 291 g/mol. The molecule has 0 unspecified atom stereocenters. The van der Waals surface area contributed by atoms with Gasteiger partial charge in [0, 0.05) is 17.1 Å². The van der Waals surface area contributed by atoms with Crippen LogP contribution in [-0.2, 0) is 0 Å². The second-order valence-electron chi connectivity index (χ2n) is 5.02. The fourth-order valence-electron chi connectivity index (χ4n) is 2.51. The minimum Gasteiger partial charge on any atom is -0.497 e. The Labute approximate surface area is 126 Å². The van der Waals surface area contributed by atoms with Gasteiger partial charge in [0.2, 0.25) is 0 Å². The molecule has 0 amide bonds. The Morgan fingerprint density at radius 3 is 2.82 bits per heavy atom. The van der Waals surface area contributed by atoms with Crippen LogP contribution in [0.5, 0.6) is 5.75 Å². The van der Waals surface area contributed by atoms with Gasteiger partial charge < -0.3 is 14.9 Å². The van der Waals surface area contributed by atoms with Crippen molar-refractivity contribution in [3.63, 3.8) is 0 Å². The maximum absolute atomic E-state index is 5.58. The number of pyridine rings is 1. The van der Waals surface area contributed by atoms with Crippen LogP contribution < -0.4 is 10.5 Å². The number of fused-ring (bicyclic) bond motifs is 2. The second kappa shape index (κ2) is 4.73. The maximum atomic E-state index is 5.58. The van der Waals surface area contributed by atoms with Crippen LogP contribution in [-0.4, -0.2) is 17.1 Å². The van der Waals surface area contributed by atoms with Crippen molar-refractivity contribution in [2.24, 2.45) is 0 Å². The number of aromatic nitrogens is 2. The van der Waals surface area contributed by atoms with Crippen LogP contribution in [0.1, 0.15) is 0 Å². The summed E-state index contributed by atoms with van der Waals surface area (Å²) in [6.07, 6.45) is 1.85. The number of nitrogens with zero attached hydrogens (tertiary/aromatic N) is 2. The van der Waals surface area contributed by atoms with Crippen LogP contribution in [0.25, 0.3) is 33.1 Å². The van der Waals surface area contributed by atoms with E-state index in [1.165, 1.54) is 0 Å². The molecular formula is C17H13N3O2. The third kappa shape index (κ3) is 2.03. The second-order valence-corrected chi connectivity index (χ2v) is 5.02. The number of anilines is 1. The predicted molar refractivity (Wildman–Crippen MR) is 85.7 cm³/mol. The normalized spacial score (nSPS) is 11.1. The molecule has 4 rings (SSSR count). The van der Waals surface area contributed by atoms with E-state index in [1.54, 1.807) is 7.11 Å². The summed E-state index contributed by atoms with van der Waals surface area (Å²) < 4.78 is 10.6. The third-order valence-corrected chi connectivity index (χ3v) is 3.63. The van der Waals surface area contributed by atoms with Crippen molar-refractivity contribution >= 4 is 27.9 Å². The maximum Gasteiger partial charge on any atom is 0.292 e. The lowest BCUT2D eigenvalue weighted by Crippen LogP contribution is -1.86. The third-order valence-electron chi connectivity index (χ3n) is 3.63. The molecule has 2 aromatic carbocycles. The smallest absolute Gasteiger partial charge is 0.292 e.